The van der Waals surface area contributed by atoms with Crippen LogP contribution in [0.15, 0.2) is 97.2 Å². The second kappa shape index (κ2) is 9.00. The van der Waals surface area contributed by atoms with E-state index < -0.39 is 5.54 Å². The van der Waals surface area contributed by atoms with Gasteiger partial charge in [-0.2, -0.15) is 0 Å². The predicted molar refractivity (Wildman–Crippen MR) is 121 cm³/mol. The van der Waals surface area contributed by atoms with Crippen LogP contribution in [-0.4, -0.2) is 18.1 Å². The minimum atomic E-state index is -0.562. The molecule has 0 aliphatic rings. The number of carbonyl (C=O) groups excluding carboxylic acids is 1. The molecule has 0 fully saturated rings. The maximum absolute atomic E-state index is 11.7. The fraction of sp³-hybridized carbons (Fsp3) is 0.185. The van der Waals surface area contributed by atoms with E-state index in [1.807, 2.05) is 18.2 Å². The lowest BCUT2D eigenvalue weighted by molar-refractivity contribution is -0.738. The van der Waals surface area contributed by atoms with Crippen molar-refractivity contribution in [1.82, 2.24) is 4.98 Å². The largest absolute Gasteiger partial charge is 0.469 e. The van der Waals surface area contributed by atoms with E-state index >= 15 is 0 Å². The molecule has 1 N–H and O–H groups in total. The van der Waals surface area contributed by atoms with E-state index in [0.717, 1.165) is 11.5 Å². The van der Waals surface area contributed by atoms with E-state index in [-0.39, 0.29) is 5.97 Å². The van der Waals surface area contributed by atoms with Gasteiger partial charge in [-0.25, -0.2) is 9.55 Å². The van der Waals surface area contributed by atoms with Crippen LogP contribution in [-0.2, 0) is 21.5 Å². The van der Waals surface area contributed by atoms with Crippen molar-refractivity contribution in [3.63, 3.8) is 0 Å². The van der Waals surface area contributed by atoms with Gasteiger partial charge in [0.1, 0.15) is 11.9 Å². The Bertz CT molecular complexity index is 1040. The zero-order chi connectivity index (χ0) is 21.7. The highest BCUT2D eigenvalue weighted by Gasteiger charge is 2.44. The number of aromatic amines is 1. The van der Waals surface area contributed by atoms with Crippen LogP contribution in [0.5, 0.6) is 0 Å². The van der Waals surface area contributed by atoms with Gasteiger partial charge < -0.3 is 4.74 Å². The summed E-state index contributed by atoms with van der Waals surface area (Å²) in [4.78, 5) is 15.2. The SMILES string of the molecule is COC(=O)CCc1c[n+](C(c2ccccc2)(c2ccccc2)c2ccccc2)c(C)[nH]1. The molecule has 0 saturated carbocycles. The van der Waals surface area contributed by atoms with Gasteiger partial charge in [-0.15, -0.1) is 0 Å². The average molecular weight is 412 g/mol. The average Bonchev–Trinajstić information content (AvgIpc) is 3.21. The number of esters is 1. The minimum Gasteiger partial charge on any atom is -0.469 e. The maximum atomic E-state index is 11.7. The number of rotatable bonds is 7. The van der Waals surface area contributed by atoms with Gasteiger partial charge in [0, 0.05) is 30.0 Å². The number of carbonyl (C=O) groups is 1. The molecule has 3 aromatic carbocycles. The number of aryl methyl sites for hydroxylation is 2. The van der Waals surface area contributed by atoms with Crippen molar-refractivity contribution in [3.05, 3.63) is 125 Å². The molecule has 1 heterocycles. The number of aromatic nitrogens is 2. The predicted octanol–water partition coefficient (Wildman–Crippen LogP) is 4.56. The fourth-order valence-corrected chi connectivity index (χ4v) is 4.35. The summed E-state index contributed by atoms with van der Waals surface area (Å²) >= 11 is 0. The Kier molecular flexibility index (Phi) is 5.99. The summed E-state index contributed by atoms with van der Waals surface area (Å²) in [6, 6.07) is 31.7. The summed E-state index contributed by atoms with van der Waals surface area (Å²) in [5.74, 6) is 0.802. The van der Waals surface area contributed by atoms with Crippen LogP contribution in [0, 0.1) is 6.92 Å². The highest BCUT2D eigenvalue weighted by atomic mass is 16.5. The molecular weight excluding hydrogens is 384 g/mol. The number of nitrogens with one attached hydrogen (secondary N) is 1. The third kappa shape index (κ3) is 3.89. The van der Waals surface area contributed by atoms with E-state index in [9.17, 15) is 4.79 Å². The summed E-state index contributed by atoms with van der Waals surface area (Å²) in [5, 5.41) is 0. The molecule has 4 heteroatoms. The van der Waals surface area contributed by atoms with Crippen LogP contribution in [0.4, 0.5) is 0 Å². The number of nitrogens with zero attached hydrogens (tertiary/aromatic N) is 1. The van der Waals surface area contributed by atoms with Crippen LogP contribution in [0.3, 0.4) is 0 Å². The van der Waals surface area contributed by atoms with Crippen molar-refractivity contribution >= 4 is 5.97 Å². The Morgan fingerprint density at radius 3 is 1.71 bits per heavy atom. The zero-order valence-corrected chi connectivity index (χ0v) is 17.9. The summed E-state index contributed by atoms with van der Waals surface area (Å²) in [6.07, 6.45) is 3.06. The van der Waals surface area contributed by atoms with Gasteiger partial charge >= 0.3 is 5.97 Å². The van der Waals surface area contributed by atoms with E-state index in [1.54, 1.807) is 0 Å². The Balaban J connectivity index is 1.98. The Morgan fingerprint density at radius 1 is 0.839 bits per heavy atom. The summed E-state index contributed by atoms with van der Waals surface area (Å²) in [5.41, 5.74) is 3.93. The molecule has 156 valence electrons. The van der Waals surface area contributed by atoms with Crippen LogP contribution >= 0.6 is 0 Å². The van der Waals surface area contributed by atoms with E-state index in [1.165, 1.54) is 23.8 Å². The van der Waals surface area contributed by atoms with E-state index in [2.05, 4.69) is 95.5 Å². The number of imidazole rings is 1. The molecule has 4 nitrogen and oxygen atoms in total. The second-order valence-corrected chi connectivity index (χ2v) is 7.62. The third-order valence-corrected chi connectivity index (χ3v) is 5.75. The molecule has 4 aromatic rings. The van der Waals surface area contributed by atoms with Gasteiger partial charge in [0.15, 0.2) is 5.54 Å². The fourth-order valence-electron chi connectivity index (χ4n) is 4.35. The number of benzene rings is 3. The Labute approximate surface area is 183 Å². The molecule has 4 rings (SSSR count). The van der Waals surface area contributed by atoms with Gasteiger partial charge in [-0.05, 0) is 0 Å². The molecule has 0 aliphatic heterocycles. The van der Waals surface area contributed by atoms with Crippen LogP contribution in [0.2, 0.25) is 0 Å². The first-order valence-electron chi connectivity index (χ1n) is 10.5. The minimum absolute atomic E-state index is 0.209. The lowest BCUT2D eigenvalue weighted by Crippen LogP contribution is -2.59. The second-order valence-electron chi connectivity index (χ2n) is 7.62. The third-order valence-electron chi connectivity index (χ3n) is 5.75. The number of ether oxygens (including phenoxy) is 1. The summed E-state index contributed by atoms with van der Waals surface area (Å²) < 4.78 is 7.12. The van der Waals surface area contributed by atoms with E-state index in [0.29, 0.717) is 12.8 Å². The molecule has 0 atom stereocenters. The van der Waals surface area contributed by atoms with Crippen molar-refractivity contribution < 1.29 is 14.1 Å². The van der Waals surface area contributed by atoms with Gasteiger partial charge in [0.2, 0.25) is 0 Å². The topological polar surface area (TPSA) is 46.0 Å². The first kappa shape index (κ1) is 20.6. The van der Waals surface area contributed by atoms with Crippen molar-refractivity contribution in [3.8, 4) is 0 Å². The Hall–Kier alpha value is -3.66. The van der Waals surface area contributed by atoms with Gasteiger partial charge in [0.05, 0.1) is 13.5 Å². The standard InChI is InChI=1S/C27H26N2O2/c1-21-28-25(18-19-26(30)31-2)20-29(21)27(22-12-6-3-7-13-22,23-14-8-4-9-15-23)24-16-10-5-11-17-24/h3-17,20H,18-19H2,1-2H3/p+1. The maximum Gasteiger partial charge on any atom is 0.305 e. The van der Waals surface area contributed by atoms with Crippen molar-refractivity contribution in [2.45, 2.75) is 25.3 Å². The molecule has 1 aromatic heterocycles. The summed E-state index contributed by atoms with van der Waals surface area (Å²) in [6.45, 7) is 2.07. The molecule has 31 heavy (non-hydrogen) atoms. The molecule has 0 spiro atoms. The summed E-state index contributed by atoms with van der Waals surface area (Å²) in [7, 11) is 1.42. The highest BCUT2D eigenvalue weighted by molar-refractivity contribution is 5.69. The Morgan fingerprint density at radius 2 is 1.29 bits per heavy atom. The molecular formula is C27H27N2O2+. The van der Waals surface area contributed by atoms with Crippen LogP contribution in [0.1, 0.15) is 34.6 Å². The molecule has 0 saturated heterocycles. The number of H-pyrrole nitrogens is 1. The molecule has 0 unspecified atom stereocenters. The van der Waals surface area contributed by atoms with Crippen LogP contribution < -0.4 is 4.57 Å². The smallest absolute Gasteiger partial charge is 0.305 e. The molecule has 0 bridgehead atoms. The lowest BCUT2D eigenvalue weighted by Gasteiger charge is -2.33. The normalized spacial score (nSPS) is 11.3. The van der Waals surface area contributed by atoms with Gasteiger partial charge in [0.25, 0.3) is 5.82 Å². The van der Waals surface area contributed by atoms with Crippen molar-refractivity contribution in [1.29, 1.82) is 0 Å². The monoisotopic (exact) mass is 411 g/mol. The van der Waals surface area contributed by atoms with Crippen molar-refractivity contribution in [2.24, 2.45) is 0 Å². The molecule has 0 aliphatic carbocycles. The van der Waals surface area contributed by atoms with Gasteiger partial charge in [-0.3, -0.25) is 4.79 Å². The highest BCUT2D eigenvalue weighted by Crippen LogP contribution is 2.36. The first-order valence-corrected chi connectivity index (χ1v) is 10.5. The van der Waals surface area contributed by atoms with Crippen molar-refractivity contribution in [2.75, 3.05) is 7.11 Å². The first-order chi connectivity index (χ1) is 15.2. The number of hydrogen-bond acceptors (Lipinski definition) is 2. The zero-order valence-electron chi connectivity index (χ0n) is 17.9. The number of hydrogen-bond donors (Lipinski definition) is 1. The quantitative estimate of drug-likeness (QED) is 0.275. The van der Waals surface area contributed by atoms with E-state index in [4.69, 9.17) is 4.74 Å². The van der Waals surface area contributed by atoms with Gasteiger partial charge in [-0.1, -0.05) is 91.0 Å². The lowest BCUT2D eigenvalue weighted by atomic mass is 9.76. The number of methoxy groups -OCH3 is 1. The van der Waals surface area contributed by atoms with Crippen LogP contribution in [0.25, 0.3) is 0 Å². The molecule has 0 radical (unpaired) electrons. The molecule has 0 amide bonds.